The van der Waals surface area contributed by atoms with E-state index in [1.165, 1.54) is 0 Å². The van der Waals surface area contributed by atoms with Gasteiger partial charge in [0.05, 0.1) is 18.6 Å². The first-order valence-corrected chi connectivity index (χ1v) is 14.5. The minimum atomic E-state index is -0.958. The van der Waals surface area contributed by atoms with Crippen molar-refractivity contribution >= 4 is 23.9 Å². The Kier molecular flexibility index (Phi) is 11.5. The molecule has 0 aromatic heterocycles. The number of fused-ring (bicyclic) bond motifs is 1. The number of aliphatic hydroxyl groups is 1. The molecule has 224 valence electrons. The zero-order valence-corrected chi connectivity index (χ0v) is 23.7. The highest BCUT2D eigenvalue weighted by Crippen LogP contribution is 2.25. The minimum Gasteiger partial charge on any atom is -0.462 e. The van der Waals surface area contributed by atoms with Gasteiger partial charge in [-0.15, -0.1) is 0 Å². The van der Waals surface area contributed by atoms with Gasteiger partial charge in [-0.3, -0.25) is 9.59 Å². The van der Waals surface area contributed by atoms with Crippen molar-refractivity contribution in [3.63, 3.8) is 0 Å². The maximum atomic E-state index is 13.7. The van der Waals surface area contributed by atoms with Gasteiger partial charge in [0.1, 0.15) is 19.3 Å². The Balaban J connectivity index is 1.43. The molecule has 0 spiro atoms. The van der Waals surface area contributed by atoms with E-state index in [0.29, 0.717) is 25.9 Å². The van der Waals surface area contributed by atoms with Gasteiger partial charge >= 0.3 is 12.1 Å². The molecule has 0 bridgehead atoms. The summed E-state index contributed by atoms with van der Waals surface area (Å²) < 4.78 is 10.9. The average Bonchev–Trinajstić information content (AvgIpc) is 3.48. The molecular weight excluding hydrogens is 538 g/mol. The molecular formula is C32H39N3O7. The van der Waals surface area contributed by atoms with Crippen LogP contribution in [-0.4, -0.2) is 77.2 Å². The van der Waals surface area contributed by atoms with Gasteiger partial charge in [-0.25, -0.2) is 9.59 Å². The van der Waals surface area contributed by atoms with Crippen molar-refractivity contribution in [3.05, 3.63) is 83.9 Å². The summed E-state index contributed by atoms with van der Waals surface area (Å²) >= 11 is 0. The van der Waals surface area contributed by atoms with Crippen LogP contribution in [0.3, 0.4) is 0 Å². The molecule has 3 atom stereocenters. The second-order valence-corrected chi connectivity index (χ2v) is 10.6. The average molecular weight is 578 g/mol. The van der Waals surface area contributed by atoms with E-state index in [1.807, 2.05) is 60.7 Å². The lowest BCUT2D eigenvalue weighted by atomic mass is 9.97. The Hall–Kier alpha value is -4.18. The van der Waals surface area contributed by atoms with Gasteiger partial charge in [-0.1, -0.05) is 72.8 Å². The van der Waals surface area contributed by atoms with Gasteiger partial charge in [0.25, 0.3) is 0 Å². The molecule has 0 saturated carbocycles. The third-order valence-electron chi connectivity index (χ3n) is 7.54. The van der Waals surface area contributed by atoms with Crippen molar-refractivity contribution < 1.29 is 33.8 Å². The highest BCUT2D eigenvalue weighted by molar-refractivity contribution is 5.86. The second kappa shape index (κ2) is 15.7. The molecule has 2 aromatic rings. The molecule has 10 nitrogen and oxygen atoms in total. The van der Waals surface area contributed by atoms with Gasteiger partial charge in [-0.2, -0.15) is 0 Å². The Labute approximate surface area is 246 Å². The predicted octanol–water partition coefficient (Wildman–Crippen LogP) is 3.19. The largest absolute Gasteiger partial charge is 0.462 e. The molecule has 42 heavy (non-hydrogen) atoms. The van der Waals surface area contributed by atoms with Crippen molar-refractivity contribution in [1.29, 1.82) is 0 Å². The Morgan fingerprint density at radius 1 is 1.00 bits per heavy atom. The summed E-state index contributed by atoms with van der Waals surface area (Å²) in [4.78, 5) is 55.7. The van der Waals surface area contributed by atoms with E-state index < -0.39 is 24.0 Å². The fourth-order valence-electron chi connectivity index (χ4n) is 5.25. The molecule has 10 heteroatoms. The molecule has 3 unspecified atom stereocenters. The van der Waals surface area contributed by atoms with Crippen molar-refractivity contribution in [2.75, 3.05) is 26.3 Å². The molecule has 2 aromatic carbocycles. The second-order valence-electron chi connectivity index (χ2n) is 10.6. The third kappa shape index (κ3) is 8.91. The normalized spacial score (nSPS) is 21.0. The highest BCUT2D eigenvalue weighted by atomic mass is 16.6. The number of hydrogen-bond acceptors (Lipinski definition) is 7. The minimum absolute atomic E-state index is 0.00744. The summed E-state index contributed by atoms with van der Waals surface area (Å²) in [5.41, 5.74) is 1.76. The number of nitrogens with one attached hydrogen (secondary N) is 1. The van der Waals surface area contributed by atoms with Gasteiger partial charge in [0.15, 0.2) is 0 Å². The van der Waals surface area contributed by atoms with E-state index in [2.05, 4.69) is 5.32 Å². The molecule has 4 rings (SSSR count). The first-order valence-electron chi connectivity index (χ1n) is 14.5. The van der Waals surface area contributed by atoms with Crippen molar-refractivity contribution in [1.82, 2.24) is 15.1 Å². The quantitative estimate of drug-likeness (QED) is 0.346. The van der Waals surface area contributed by atoms with Crippen LogP contribution in [0.15, 0.2) is 72.8 Å². The van der Waals surface area contributed by atoms with Crippen LogP contribution in [0.5, 0.6) is 0 Å². The van der Waals surface area contributed by atoms with Crippen molar-refractivity contribution in [3.8, 4) is 0 Å². The molecule has 2 aliphatic heterocycles. The first kappa shape index (κ1) is 30.8. The fraction of sp³-hybridized carbons (Fsp3) is 0.438. The lowest BCUT2D eigenvalue weighted by molar-refractivity contribution is -0.150. The molecule has 2 heterocycles. The number of alkyl carbamates (subject to hydrolysis) is 1. The van der Waals surface area contributed by atoms with Crippen LogP contribution in [0, 0.1) is 5.92 Å². The fourth-order valence-corrected chi connectivity index (χ4v) is 5.25. The molecule has 0 aliphatic carbocycles. The van der Waals surface area contributed by atoms with E-state index in [0.717, 1.165) is 17.5 Å². The number of benzene rings is 2. The number of rotatable bonds is 9. The Morgan fingerprint density at radius 2 is 1.69 bits per heavy atom. The predicted molar refractivity (Wildman–Crippen MR) is 155 cm³/mol. The van der Waals surface area contributed by atoms with Crippen molar-refractivity contribution in [2.24, 2.45) is 5.92 Å². The summed E-state index contributed by atoms with van der Waals surface area (Å²) in [5, 5.41) is 12.2. The van der Waals surface area contributed by atoms with E-state index in [1.54, 1.807) is 22.0 Å². The number of hydrogen-bond donors (Lipinski definition) is 2. The molecule has 0 radical (unpaired) electrons. The van der Waals surface area contributed by atoms with E-state index in [-0.39, 0.29) is 57.1 Å². The third-order valence-corrected chi connectivity index (χ3v) is 7.54. The highest BCUT2D eigenvalue weighted by Gasteiger charge is 2.36. The summed E-state index contributed by atoms with van der Waals surface area (Å²) in [6, 6.07) is 17.5. The maximum absolute atomic E-state index is 13.7. The summed E-state index contributed by atoms with van der Waals surface area (Å²) in [7, 11) is 0. The van der Waals surface area contributed by atoms with Crippen LogP contribution in [0.4, 0.5) is 4.79 Å². The van der Waals surface area contributed by atoms with Gasteiger partial charge < -0.3 is 29.7 Å². The maximum Gasteiger partial charge on any atom is 0.408 e. The number of allylic oxidation sites excluding steroid dienone is 1. The van der Waals surface area contributed by atoms with Gasteiger partial charge in [0.2, 0.25) is 11.8 Å². The van der Waals surface area contributed by atoms with E-state index in [9.17, 15) is 24.3 Å². The number of ether oxygens (including phenoxy) is 2. The summed E-state index contributed by atoms with van der Waals surface area (Å²) in [6.45, 7) is 0.924. The smallest absolute Gasteiger partial charge is 0.408 e. The summed E-state index contributed by atoms with van der Waals surface area (Å²) in [6.07, 6.45) is 4.64. The topological polar surface area (TPSA) is 125 Å². The van der Waals surface area contributed by atoms with Crippen molar-refractivity contribution in [2.45, 2.75) is 57.3 Å². The molecule has 2 aliphatic rings. The monoisotopic (exact) mass is 577 g/mol. The number of cyclic esters (lactones) is 1. The number of carbonyl (C=O) groups is 4. The Morgan fingerprint density at radius 3 is 2.40 bits per heavy atom. The number of esters is 1. The van der Waals surface area contributed by atoms with Crippen LogP contribution in [0.25, 0.3) is 0 Å². The van der Waals surface area contributed by atoms with E-state index >= 15 is 0 Å². The number of carbonyl (C=O) groups excluding carboxylic acids is 4. The van der Waals surface area contributed by atoms with E-state index in [4.69, 9.17) is 9.47 Å². The molecule has 2 N–H and O–H groups in total. The Bertz CT molecular complexity index is 1220. The van der Waals surface area contributed by atoms with Crippen LogP contribution >= 0.6 is 0 Å². The number of nitrogens with zero attached hydrogens (tertiary/aromatic N) is 2. The summed E-state index contributed by atoms with van der Waals surface area (Å²) in [5.74, 6) is -1.56. The lowest BCUT2D eigenvalue weighted by Gasteiger charge is -2.30. The van der Waals surface area contributed by atoms with Gasteiger partial charge in [0, 0.05) is 26.1 Å². The van der Waals surface area contributed by atoms with Crippen LogP contribution < -0.4 is 5.32 Å². The van der Waals surface area contributed by atoms with Crippen LogP contribution in [0.1, 0.15) is 43.2 Å². The number of aliphatic hydroxyl groups excluding tert-OH is 1. The zero-order chi connectivity index (χ0) is 29.7. The zero-order valence-electron chi connectivity index (χ0n) is 23.7. The molecule has 1 saturated heterocycles. The van der Waals surface area contributed by atoms with Crippen LogP contribution in [0.2, 0.25) is 0 Å². The SMILES string of the molecule is O=C(NC1CC=CCC(CC(=O)N(CCO)Cc2ccccc2)C(=O)N2CCCC2COC1=O)OCc1ccccc1. The molecule has 1 fully saturated rings. The van der Waals surface area contributed by atoms with Crippen LogP contribution in [-0.2, 0) is 37.0 Å². The van der Waals surface area contributed by atoms with Gasteiger partial charge in [-0.05, 0) is 36.8 Å². The lowest BCUT2D eigenvalue weighted by Crippen LogP contribution is -2.46. The number of amides is 3. The standard InChI is InChI=1S/C32H39N3O7/c36-19-18-34(21-24-10-3-1-4-11-24)29(37)20-26-14-7-8-16-28(33-32(40)42-22-25-12-5-2-6-13-25)31(39)41-23-27-15-9-17-35(27)30(26)38/h1-8,10-13,26-28,36H,9,14-23H2,(H,33,40). The first-order chi connectivity index (χ1) is 20.4. The molecule has 3 amide bonds.